The zero-order valence-electron chi connectivity index (χ0n) is 9.99. The lowest BCUT2D eigenvalue weighted by Gasteiger charge is -2.19. The monoisotopic (exact) mass is 220 g/mol. The van der Waals surface area contributed by atoms with E-state index in [-0.39, 0.29) is 6.04 Å². The van der Waals surface area contributed by atoms with Crippen LogP contribution in [0.4, 0.5) is 0 Å². The summed E-state index contributed by atoms with van der Waals surface area (Å²) >= 11 is 0. The van der Waals surface area contributed by atoms with Crippen LogP contribution in [0, 0.1) is 0 Å². The van der Waals surface area contributed by atoms with Gasteiger partial charge < -0.3 is 4.74 Å². The molecule has 3 nitrogen and oxygen atoms in total. The van der Waals surface area contributed by atoms with Gasteiger partial charge in [-0.2, -0.15) is 0 Å². The van der Waals surface area contributed by atoms with Crippen LogP contribution in [0.25, 0.3) is 0 Å². The molecular weight excluding hydrogens is 200 g/mol. The highest BCUT2D eigenvalue weighted by atomic mass is 16.5. The fraction of sp³-hybridized carbons (Fsp3) is 0.538. The van der Waals surface area contributed by atoms with Crippen LogP contribution < -0.4 is 16.0 Å². The molecular formula is C13H20N2O. The molecule has 0 fully saturated rings. The lowest BCUT2D eigenvalue weighted by Crippen LogP contribution is -2.27. The Balaban J connectivity index is 2.47. The van der Waals surface area contributed by atoms with Crippen molar-refractivity contribution in [2.45, 2.75) is 38.6 Å². The van der Waals surface area contributed by atoms with Gasteiger partial charge in [0.05, 0.1) is 6.61 Å². The Morgan fingerprint density at radius 1 is 1.44 bits per heavy atom. The van der Waals surface area contributed by atoms with E-state index in [1.54, 1.807) is 0 Å². The first-order valence-corrected chi connectivity index (χ1v) is 5.95. The normalized spacial score (nSPS) is 20.1. The second kappa shape index (κ2) is 4.85. The summed E-state index contributed by atoms with van der Waals surface area (Å²) in [6.45, 7) is 5.17. The molecule has 88 valence electrons. The molecule has 1 heterocycles. The number of benzene rings is 1. The number of nitrogens with one attached hydrogen (secondary N) is 1. The minimum absolute atomic E-state index is 0.219. The molecule has 1 aromatic rings. The highest BCUT2D eigenvalue weighted by Crippen LogP contribution is 2.36. The van der Waals surface area contributed by atoms with E-state index >= 15 is 0 Å². The number of nitrogens with two attached hydrogens (primary N) is 1. The molecule has 1 aliphatic rings. The fourth-order valence-corrected chi connectivity index (χ4v) is 2.26. The molecule has 0 amide bonds. The summed E-state index contributed by atoms with van der Waals surface area (Å²) in [7, 11) is 0. The number of ether oxygens (including phenoxy) is 1. The summed E-state index contributed by atoms with van der Waals surface area (Å²) in [5.41, 5.74) is 5.36. The standard InChI is InChI=1S/C13H20N2O/c1-9(2)10-5-3-6-11-12(15-14)7-4-8-16-13(10)11/h3,5-6,9,12,15H,4,7-8,14H2,1-2H3. The van der Waals surface area contributed by atoms with E-state index in [1.807, 2.05) is 0 Å². The molecule has 2 rings (SSSR count). The Morgan fingerprint density at radius 2 is 2.25 bits per heavy atom. The maximum atomic E-state index is 5.88. The van der Waals surface area contributed by atoms with Gasteiger partial charge in [-0.3, -0.25) is 11.3 Å². The summed E-state index contributed by atoms with van der Waals surface area (Å²) in [6.07, 6.45) is 2.08. The van der Waals surface area contributed by atoms with Gasteiger partial charge in [-0.1, -0.05) is 32.0 Å². The van der Waals surface area contributed by atoms with Crippen molar-refractivity contribution >= 4 is 0 Å². The van der Waals surface area contributed by atoms with E-state index in [4.69, 9.17) is 10.6 Å². The van der Waals surface area contributed by atoms with Gasteiger partial charge in [0.15, 0.2) is 0 Å². The van der Waals surface area contributed by atoms with E-state index in [1.165, 1.54) is 11.1 Å². The third kappa shape index (κ3) is 2.06. The highest BCUT2D eigenvalue weighted by Gasteiger charge is 2.21. The molecule has 0 aromatic heterocycles. The molecule has 0 bridgehead atoms. The Bertz CT molecular complexity index is 363. The topological polar surface area (TPSA) is 47.3 Å². The number of hydrogen-bond donors (Lipinski definition) is 2. The first-order chi connectivity index (χ1) is 7.74. The second-order valence-corrected chi connectivity index (χ2v) is 4.63. The maximum absolute atomic E-state index is 5.88. The van der Waals surface area contributed by atoms with E-state index in [0.29, 0.717) is 5.92 Å². The smallest absolute Gasteiger partial charge is 0.127 e. The largest absolute Gasteiger partial charge is 0.493 e. The zero-order chi connectivity index (χ0) is 11.5. The lowest BCUT2D eigenvalue weighted by molar-refractivity contribution is 0.311. The van der Waals surface area contributed by atoms with Crippen molar-refractivity contribution in [1.82, 2.24) is 5.43 Å². The molecule has 3 heteroatoms. The van der Waals surface area contributed by atoms with Gasteiger partial charge in [0.2, 0.25) is 0 Å². The van der Waals surface area contributed by atoms with Crippen molar-refractivity contribution in [3.63, 3.8) is 0 Å². The molecule has 0 spiro atoms. The predicted octanol–water partition coefficient (Wildman–Crippen LogP) is 2.49. The van der Waals surface area contributed by atoms with Crippen LogP contribution in [0.1, 0.15) is 49.8 Å². The molecule has 1 aromatic carbocycles. The summed E-state index contributed by atoms with van der Waals surface area (Å²) in [4.78, 5) is 0. The van der Waals surface area contributed by atoms with Crippen LogP contribution in [0.2, 0.25) is 0 Å². The van der Waals surface area contributed by atoms with E-state index in [9.17, 15) is 0 Å². The Labute approximate surface area is 97.0 Å². The van der Waals surface area contributed by atoms with Crippen molar-refractivity contribution < 1.29 is 4.74 Å². The van der Waals surface area contributed by atoms with Crippen molar-refractivity contribution in [2.75, 3.05) is 6.61 Å². The van der Waals surface area contributed by atoms with E-state index < -0.39 is 0 Å². The molecule has 0 aliphatic carbocycles. The van der Waals surface area contributed by atoms with Crippen molar-refractivity contribution in [3.05, 3.63) is 29.3 Å². The number of hydrazine groups is 1. The van der Waals surface area contributed by atoms with Crippen LogP contribution >= 0.6 is 0 Å². The quantitative estimate of drug-likeness (QED) is 0.594. The van der Waals surface area contributed by atoms with E-state index in [0.717, 1.165) is 25.2 Å². The van der Waals surface area contributed by atoms with Gasteiger partial charge in [0, 0.05) is 11.6 Å². The van der Waals surface area contributed by atoms with Crippen LogP contribution in [0.15, 0.2) is 18.2 Å². The highest BCUT2D eigenvalue weighted by molar-refractivity contribution is 5.45. The van der Waals surface area contributed by atoms with Gasteiger partial charge >= 0.3 is 0 Å². The molecule has 0 saturated heterocycles. The maximum Gasteiger partial charge on any atom is 0.127 e. The first kappa shape index (κ1) is 11.4. The van der Waals surface area contributed by atoms with Gasteiger partial charge in [0.25, 0.3) is 0 Å². The number of hydrogen-bond acceptors (Lipinski definition) is 3. The SMILES string of the molecule is CC(C)c1cccc2c1OCCCC2NN. The second-order valence-electron chi connectivity index (χ2n) is 4.63. The minimum atomic E-state index is 0.219. The molecule has 0 radical (unpaired) electrons. The summed E-state index contributed by atoms with van der Waals surface area (Å²) in [5.74, 6) is 7.13. The van der Waals surface area contributed by atoms with Crippen molar-refractivity contribution in [2.24, 2.45) is 5.84 Å². The Hall–Kier alpha value is -1.06. The van der Waals surface area contributed by atoms with Crippen molar-refractivity contribution in [1.29, 1.82) is 0 Å². The third-order valence-electron chi connectivity index (χ3n) is 3.16. The van der Waals surface area contributed by atoms with Crippen LogP contribution in [0.3, 0.4) is 0 Å². The number of fused-ring (bicyclic) bond motifs is 1. The molecule has 3 N–H and O–H groups in total. The lowest BCUT2D eigenvalue weighted by atomic mass is 9.95. The van der Waals surface area contributed by atoms with Crippen LogP contribution in [0.5, 0.6) is 5.75 Å². The average molecular weight is 220 g/mol. The Kier molecular flexibility index (Phi) is 3.46. The van der Waals surface area contributed by atoms with Crippen molar-refractivity contribution in [3.8, 4) is 5.75 Å². The van der Waals surface area contributed by atoms with Gasteiger partial charge in [0.1, 0.15) is 5.75 Å². The van der Waals surface area contributed by atoms with Gasteiger partial charge in [-0.15, -0.1) is 0 Å². The third-order valence-corrected chi connectivity index (χ3v) is 3.16. The van der Waals surface area contributed by atoms with Gasteiger partial charge in [-0.05, 0) is 24.3 Å². The average Bonchev–Trinajstić information content (AvgIpc) is 2.49. The predicted molar refractivity (Wildman–Crippen MR) is 65.3 cm³/mol. The summed E-state index contributed by atoms with van der Waals surface area (Å²) in [5, 5.41) is 0. The molecule has 0 saturated carbocycles. The minimum Gasteiger partial charge on any atom is -0.493 e. The molecule has 1 unspecified atom stereocenters. The Morgan fingerprint density at radius 3 is 2.94 bits per heavy atom. The summed E-state index contributed by atoms with van der Waals surface area (Å²) in [6, 6.07) is 6.56. The first-order valence-electron chi connectivity index (χ1n) is 5.95. The number of rotatable bonds is 2. The van der Waals surface area contributed by atoms with Crippen LogP contribution in [-0.4, -0.2) is 6.61 Å². The molecule has 16 heavy (non-hydrogen) atoms. The molecule has 1 aliphatic heterocycles. The fourth-order valence-electron chi connectivity index (χ4n) is 2.26. The number of para-hydroxylation sites is 1. The summed E-state index contributed by atoms with van der Waals surface area (Å²) < 4.78 is 5.88. The zero-order valence-corrected chi connectivity index (χ0v) is 9.99. The van der Waals surface area contributed by atoms with Crippen LogP contribution in [-0.2, 0) is 0 Å². The molecule has 1 atom stereocenters. The van der Waals surface area contributed by atoms with Gasteiger partial charge in [-0.25, -0.2) is 0 Å². The van der Waals surface area contributed by atoms with E-state index in [2.05, 4.69) is 37.5 Å².